The van der Waals surface area contributed by atoms with E-state index in [-0.39, 0.29) is 11.5 Å². The molecule has 1 aromatic rings. The van der Waals surface area contributed by atoms with E-state index >= 15 is 0 Å². The number of ether oxygens (including phenoxy) is 1. The molecule has 3 nitrogen and oxygen atoms in total. The van der Waals surface area contributed by atoms with Crippen molar-refractivity contribution in [2.24, 2.45) is 0 Å². The third kappa shape index (κ3) is 5.95. The second-order valence-corrected chi connectivity index (χ2v) is 6.43. The van der Waals surface area contributed by atoms with Crippen LogP contribution < -0.4 is 4.74 Å². The Morgan fingerprint density at radius 2 is 1.89 bits per heavy atom. The molecule has 0 saturated carbocycles. The van der Waals surface area contributed by atoms with Crippen molar-refractivity contribution in [2.45, 2.75) is 12.8 Å². The van der Waals surface area contributed by atoms with Crippen molar-refractivity contribution in [2.75, 3.05) is 18.1 Å². The summed E-state index contributed by atoms with van der Waals surface area (Å²) in [5.41, 5.74) is 0. The van der Waals surface area contributed by atoms with Crippen LogP contribution in [0.2, 0.25) is 5.02 Å². The monoisotopic (exact) mass is 286 g/mol. The van der Waals surface area contributed by atoms with Gasteiger partial charge in [-0.25, -0.2) is 8.42 Å². The lowest BCUT2D eigenvalue weighted by atomic mass is 10.3. The van der Waals surface area contributed by atoms with Crippen LogP contribution in [0.15, 0.2) is 24.3 Å². The second-order valence-electron chi connectivity index (χ2n) is 3.81. The zero-order valence-corrected chi connectivity index (χ0v) is 11.5. The van der Waals surface area contributed by atoms with Gasteiger partial charge in [0.25, 0.3) is 0 Å². The van der Waals surface area contributed by atoms with E-state index in [2.05, 4.69) is 5.92 Å². The molecule has 0 fully saturated rings. The lowest BCUT2D eigenvalue weighted by Gasteiger charge is -2.06. The SMILES string of the molecule is C#CCS(=O)(=O)CCCCOc1ccc(Cl)cc1. The van der Waals surface area contributed by atoms with E-state index in [0.29, 0.717) is 24.5 Å². The van der Waals surface area contributed by atoms with Crippen LogP contribution in [0, 0.1) is 12.3 Å². The summed E-state index contributed by atoms with van der Waals surface area (Å²) in [6.07, 6.45) is 6.19. The second kappa shape index (κ2) is 7.30. The van der Waals surface area contributed by atoms with E-state index in [1.807, 2.05) is 0 Å². The van der Waals surface area contributed by atoms with Crippen LogP contribution in [-0.4, -0.2) is 26.5 Å². The third-order valence-corrected chi connectivity index (χ3v) is 4.00. The van der Waals surface area contributed by atoms with Crippen LogP contribution >= 0.6 is 11.6 Å². The molecule has 0 saturated heterocycles. The van der Waals surface area contributed by atoms with Gasteiger partial charge in [-0.15, -0.1) is 6.42 Å². The number of halogens is 1. The minimum Gasteiger partial charge on any atom is -0.494 e. The number of sulfone groups is 1. The average Bonchev–Trinajstić information content (AvgIpc) is 2.31. The first kappa shape index (κ1) is 14.9. The van der Waals surface area contributed by atoms with Gasteiger partial charge in [0.2, 0.25) is 0 Å². The summed E-state index contributed by atoms with van der Waals surface area (Å²) >= 11 is 5.74. The summed E-state index contributed by atoms with van der Waals surface area (Å²) in [4.78, 5) is 0. The molecule has 0 radical (unpaired) electrons. The molecule has 1 aromatic carbocycles. The van der Waals surface area contributed by atoms with Crippen molar-refractivity contribution < 1.29 is 13.2 Å². The summed E-state index contributed by atoms with van der Waals surface area (Å²) in [6.45, 7) is 0.479. The molecule has 0 aliphatic heterocycles. The third-order valence-electron chi connectivity index (χ3n) is 2.24. The number of terminal acetylenes is 1. The molecule has 0 aliphatic rings. The first-order chi connectivity index (χ1) is 8.53. The number of hydrogen-bond acceptors (Lipinski definition) is 3. The summed E-state index contributed by atoms with van der Waals surface area (Å²) < 4.78 is 28.0. The number of benzene rings is 1. The molecule has 0 heterocycles. The Morgan fingerprint density at radius 1 is 1.22 bits per heavy atom. The van der Waals surface area contributed by atoms with Gasteiger partial charge in [0.15, 0.2) is 9.84 Å². The van der Waals surface area contributed by atoms with Crippen molar-refractivity contribution in [3.63, 3.8) is 0 Å². The van der Waals surface area contributed by atoms with Crippen molar-refractivity contribution in [3.8, 4) is 18.1 Å². The van der Waals surface area contributed by atoms with Crippen LogP contribution in [0.4, 0.5) is 0 Å². The summed E-state index contributed by atoms with van der Waals surface area (Å²) in [7, 11) is -3.09. The average molecular weight is 287 g/mol. The maximum atomic E-state index is 11.3. The maximum Gasteiger partial charge on any atom is 0.161 e. The maximum absolute atomic E-state index is 11.3. The van der Waals surface area contributed by atoms with Gasteiger partial charge in [-0.05, 0) is 37.1 Å². The van der Waals surface area contributed by atoms with Gasteiger partial charge < -0.3 is 4.74 Å². The number of hydrogen-bond donors (Lipinski definition) is 0. The van der Waals surface area contributed by atoms with Gasteiger partial charge in [-0.2, -0.15) is 0 Å². The van der Waals surface area contributed by atoms with E-state index in [4.69, 9.17) is 22.8 Å². The smallest absolute Gasteiger partial charge is 0.161 e. The van der Waals surface area contributed by atoms with E-state index in [9.17, 15) is 8.42 Å². The van der Waals surface area contributed by atoms with Crippen molar-refractivity contribution in [3.05, 3.63) is 29.3 Å². The molecule has 0 bridgehead atoms. The van der Waals surface area contributed by atoms with E-state index in [1.54, 1.807) is 24.3 Å². The molecule has 1 rings (SSSR count). The fourth-order valence-corrected chi connectivity index (χ4v) is 2.51. The molecule has 18 heavy (non-hydrogen) atoms. The standard InChI is InChI=1S/C13H15ClO3S/c1-2-10-18(15,16)11-4-3-9-17-13-7-5-12(14)6-8-13/h1,5-8H,3-4,9-11H2. The predicted molar refractivity (Wildman–Crippen MR) is 73.7 cm³/mol. The van der Waals surface area contributed by atoms with Gasteiger partial charge in [-0.1, -0.05) is 17.5 Å². The van der Waals surface area contributed by atoms with Crippen molar-refractivity contribution in [1.82, 2.24) is 0 Å². The Hall–Kier alpha value is -1.18. The largest absolute Gasteiger partial charge is 0.494 e. The van der Waals surface area contributed by atoms with Gasteiger partial charge in [0.1, 0.15) is 11.5 Å². The molecular formula is C13H15ClO3S. The number of rotatable bonds is 7. The molecule has 98 valence electrons. The van der Waals surface area contributed by atoms with Gasteiger partial charge in [-0.3, -0.25) is 0 Å². The Bertz CT molecular complexity index is 500. The first-order valence-corrected chi connectivity index (χ1v) is 7.76. The fourth-order valence-electron chi connectivity index (χ4n) is 1.34. The zero-order chi connectivity index (χ0) is 13.4. The minimum absolute atomic E-state index is 0.112. The molecule has 0 N–H and O–H groups in total. The Balaban J connectivity index is 2.20. The quantitative estimate of drug-likeness (QED) is 0.571. The fraction of sp³-hybridized carbons (Fsp3) is 0.385. The molecule has 0 unspecified atom stereocenters. The van der Waals surface area contributed by atoms with Crippen LogP contribution in [0.25, 0.3) is 0 Å². The minimum atomic E-state index is -3.09. The predicted octanol–water partition coefficient (Wildman–Crippen LogP) is 2.55. The topological polar surface area (TPSA) is 43.4 Å². The van der Waals surface area contributed by atoms with E-state index < -0.39 is 9.84 Å². The number of unbranched alkanes of at least 4 members (excludes halogenated alkanes) is 1. The Morgan fingerprint density at radius 3 is 2.50 bits per heavy atom. The summed E-state index contributed by atoms with van der Waals surface area (Å²) in [5, 5.41) is 0.655. The highest BCUT2D eigenvalue weighted by Crippen LogP contribution is 2.15. The molecule has 0 spiro atoms. The zero-order valence-electron chi connectivity index (χ0n) is 9.93. The summed E-state index contributed by atoms with van der Waals surface area (Å²) in [6, 6.07) is 7.04. The van der Waals surface area contributed by atoms with Crippen LogP contribution in [0.3, 0.4) is 0 Å². The van der Waals surface area contributed by atoms with Crippen LogP contribution in [-0.2, 0) is 9.84 Å². The summed E-state index contributed by atoms with van der Waals surface area (Å²) in [5.74, 6) is 2.80. The van der Waals surface area contributed by atoms with Crippen LogP contribution in [0.1, 0.15) is 12.8 Å². The van der Waals surface area contributed by atoms with E-state index in [0.717, 1.165) is 5.75 Å². The molecule has 0 atom stereocenters. The first-order valence-electron chi connectivity index (χ1n) is 5.56. The lowest BCUT2D eigenvalue weighted by Crippen LogP contribution is -2.10. The highest BCUT2D eigenvalue weighted by molar-refractivity contribution is 7.91. The molecule has 0 aromatic heterocycles. The molecule has 0 aliphatic carbocycles. The normalized spacial score (nSPS) is 10.9. The molecule has 0 amide bonds. The van der Waals surface area contributed by atoms with Gasteiger partial charge in [0, 0.05) is 5.02 Å². The molecule has 5 heteroatoms. The van der Waals surface area contributed by atoms with Crippen molar-refractivity contribution in [1.29, 1.82) is 0 Å². The van der Waals surface area contributed by atoms with Crippen LogP contribution in [0.5, 0.6) is 5.75 Å². The highest BCUT2D eigenvalue weighted by Gasteiger charge is 2.07. The lowest BCUT2D eigenvalue weighted by molar-refractivity contribution is 0.309. The Labute approximate surface area is 113 Å². The Kier molecular flexibility index (Phi) is 6.03. The van der Waals surface area contributed by atoms with Crippen molar-refractivity contribution >= 4 is 21.4 Å². The van der Waals surface area contributed by atoms with Gasteiger partial charge in [0.05, 0.1) is 12.4 Å². The van der Waals surface area contributed by atoms with Gasteiger partial charge >= 0.3 is 0 Å². The molecular weight excluding hydrogens is 272 g/mol. The van der Waals surface area contributed by atoms with E-state index in [1.165, 1.54) is 0 Å². The highest BCUT2D eigenvalue weighted by atomic mass is 35.5.